The number of anilines is 1. The predicted octanol–water partition coefficient (Wildman–Crippen LogP) is 3.95. The molecule has 4 heteroatoms. The Kier molecular flexibility index (Phi) is 4.87. The summed E-state index contributed by atoms with van der Waals surface area (Å²) in [6.07, 6.45) is 2.50. The number of nitrogens with one attached hydrogen (secondary N) is 1. The standard InChI is InChI=1S/C20H19N3O/c21-20(24)23-19-14-15(11-12-22-19)13-18(16-7-3-1-4-8-16)17-9-5-2-6-10-17/h1-12,14,18H,13H2,(H3,21,22,23,24). The van der Waals surface area contributed by atoms with Crippen molar-refractivity contribution in [1.82, 2.24) is 4.98 Å². The van der Waals surface area contributed by atoms with E-state index in [0.29, 0.717) is 5.82 Å². The summed E-state index contributed by atoms with van der Waals surface area (Å²) in [7, 11) is 0. The second-order valence-corrected chi connectivity index (χ2v) is 5.62. The third-order valence-electron chi connectivity index (χ3n) is 3.92. The smallest absolute Gasteiger partial charge is 0.317 e. The summed E-state index contributed by atoms with van der Waals surface area (Å²) in [6.45, 7) is 0. The number of pyridine rings is 1. The van der Waals surface area contributed by atoms with Crippen LogP contribution in [0.1, 0.15) is 22.6 Å². The van der Waals surface area contributed by atoms with E-state index in [2.05, 4.69) is 58.8 Å². The number of hydrogen-bond acceptors (Lipinski definition) is 2. The number of hydrogen-bond donors (Lipinski definition) is 2. The van der Waals surface area contributed by atoms with Crippen LogP contribution in [0.15, 0.2) is 79.0 Å². The van der Waals surface area contributed by atoms with Gasteiger partial charge in [-0.2, -0.15) is 0 Å². The van der Waals surface area contributed by atoms with E-state index >= 15 is 0 Å². The molecule has 0 bridgehead atoms. The average molecular weight is 317 g/mol. The summed E-state index contributed by atoms with van der Waals surface area (Å²) >= 11 is 0. The summed E-state index contributed by atoms with van der Waals surface area (Å²) < 4.78 is 0. The lowest BCUT2D eigenvalue weighted by Gasteiger charge is -2.18. The van der Waals surface area contributed by atoms with Crippen LogP contribution in [-0.2, 0) is 6.42 Å². The predicted molar refractivity (Wildman–Crippen MR) is 95.9 cm³/mol. The third-order valence-corrected chi connectivity index (χ3v) is 3.92. The van der Waals surface area contributed by atoms with Gasteiger partial charge in [-0.25, -0.2) is 9.78 Å². The van der Waals surface area contributed by atoms with Gasteiger partial charge in [-0.05, 0) is 35.2 Å². The minimum Gasteiger partial charge on any atom is -0.351 e. The summed E-state index contributed by atoms with van der Waals surface area (Å²) in [5.41, 5.74) is 8.77. The lowest BCUT2D eigenvalue weighted by Crippen LogP contribution is -2.20. The second-order valence-electron chi connectivity index (χ2n) is 5.62. The van der Waals surface area contributed by atoms with Gasteiger partial charge >= 0.3 is 6.03 Å². The molecule has 1 aromatic heterocycles. The highest BCUT2D eigenvalue weighted by Gasteiger charge is 2.15. The van der Waals surface area contributed by atoms with Gasteiger partial charge in [-0.3, -0.25) is 5.32 Å². The Morgan fingerprint density at radius 2 is 1.54 bits per heavy atom. The second kappa shape index (κ2) is 7.42. The first kappa shape index (κ1) is 15.7. The molecule has 0 fully saturated rings. The number of carbonyl (C=O) groups excluding carboxylic acids is 1. The van der Waals surface area contributed by atoms with E-state index in [4.69, 9.17) is 5.73 Å². The number of primary amides is 1. The molecule has 2 aromatic carbocycles. The van der Waals surface area contributed by atoms with Gasteiger partial charge in [0.1, 0.15) is 5.82 Å². The first-order valence-corrected chi connectivity index (χ1v) is 7.83. The van der Waals surface area contributed by atoms with Crippen LogP contribution in [-0.4, -0.2) is 11.0 Å². The van der Waals surface area contributed by atoms with Gasteiger partial charge in [0.2, 0.25) is 0 Å². The molecule has 0 aliphatic heterocycles. The van der Waals surface area contributed by atoms with Crippen LogP contribution < -0.4 is 11.1 Å². The molecule has 120 valence electrons. The van der Waals surface area contributed by atoms with Crippen molar-refractivity contribution in [1.29, 1.82) is 0 Å². The number of benzene rings is 2. The fraction of sp³-hybridized carbons (Fsp3) is 0.100. The maximum absolute atomic E-state index is 11.0. The highest BCUT2D eigenvalue weighted by Crippen LogP contribution is 2.28. The zero-order valence-electron chi connectivity index (χ0n) is 13.2. The van der Waals surface area contributed by atoms with Crippen LogP contribution in [0.2, 0.25) is 0 Å². The molecule has 2 amide bonds. The molecular weight excluding hydrogens is 298 g/mol. The number of carbonyl (C=O) groups is 1. The molecule has 0 radical (unpaired) electrons. The van der Waals surface area contributed by atoms with Gasteiger partial charge in [-0.15, -0.1) is 0 Å². The Morgan fingerprint density at radius 1 is 0.958 bits per heavy atom. The number of nitrogens with two attached hydrogens (primary N) is 1. The fourth-order valence-corrected chi connectivity index (χ4v) is 2.83. The molecule has 0 saturated heterocycles. The highest BCUT2D eigenvalue weighted by molar-refractivity contribution is 5.86. The molecule has 4 nitrogen and oxygen atoms in total. The van der Waals surface area contributed by atoms with Crippen molar-refractivity contribution >= 4 is 11.8 Å². The number of aromatic nitrogens is 1. The van der Waals surface area contributed by atoms with Crippen molar-refractivity contribution in [3.63, 3.8) is 0 Å². The maximum Gasteiger partial charge on any atom is 0.317 e. The van der Waals surface area contributed by atoms with Crippen molar-refractivity contribution in [2.75, 3.05) is 5.32 Å². The topological polar surface area (TPSA) is 68.0 Å². The minimum absolute atomic E-state index is 0.233. The van der Waals surface area contributed by atoms with Crippen LogP contribution in [0.5, 0.6) is 0 Å². The van der Waals surface area contributed by atoms with E-state index in [-0.39, 0.29) is 5.92 Å². The van der Waals surface area contributed by atoms with E-state index in [1.165, 1.54) is 11.1 Å². The van der Waals surface area contributed by atoms with Crippen LogP contribution in [0.4, 0.5) is 10.6 Å². The molecule has 24 heavy (non-hydrogen) atoms. The fourth-order valence-electron chi connectivity index (χ4n) is 2.83. The summed E-state index contributed by atoms with van der Waals surface area (Å²) in [6, 6.07) is 24.0. The number of urea groups is 1. The minimum atomic E-state index is -0.609. The Hall–Kier alpha value is -3.14. The van der Waals surface area contributed by atoms with Crippen molar-refractivity contribution in [3.05, 3.63) is 95.7 Å². The van der Waals surface area contributed by atoms with Gasteiger partial charge < -0.3 is 5.73 Å². The van der Waals surface area contributed by atoms with Gasteiger partial charge in [-0.1, -0.05) is 60.7 Å². The molecule has 0 unspecified atom stereocenters. The van der Waals surface area contributed by atoms with E-state index < -0.39 is 6.03 Å². The zero-order chi connectivity index (χ0) is 16.8. The SMILES string of the molecule is NC(=O)Nc1cc(CC(c2ccccc2)c2ccccc2)ccn1. The Labute approximate surface area is 141 Å². The first-order chi connectivity index (χ1) is 11.7. The summed E-state index contributed by atoms with van der Waals surface area (Å²) in [5.74, 6) is 0.705. The van der Waals surface area contributed by atoms with Gasteiger partial charge in [0.05, 0.1) is 0 Å². The molecule has 3 N–H and O–H groups in total. The van der Waals surface area contributed by atoms with E-state index in [0.717, 1.165) is 12.0 Å². The maximum atomic E-state index is 11.0. The van der Waals surface area contributed by atoms with Gasteiger partial charge in [0.15, 0.2) is 0 Å². The molecule has 3 aromatic rings. The molecule has 0 saturated carbocycles. The van der Waals surface area contributed by atoms with Crippen LogP contribution in [0, 0.1) is 0 Å². The quantitative estimate of drug-likeness (QED) is 0.748. The van der Waals surface area contributed by atoms with Crippen molar-refractivity contribution in [3.8, 4) is 0 Å². The molecular formula is C20H19N3O. The average Bonchev–Trinajstić information content (AvgIpc) is 2.61. The first-order valence-electron chi connectivity index (χ1n) is 7.83. The summed E-state index contributed by atoms with van der Waals surface area (Å²) in [5, 5.41) is 2.53. The molecule has 0 aliphatic rings. The van der Waals surface area contributed by atoms with Gasteiger partial charge in [0, 0.05) is 12.1 Å². The van der Waals surface area contributed by atoms with Crippen molar-refractivity contribution in [2.45, 2.75) is 12.3 Å². The van der Waals surface area contributed by atoms with Crippen LogP contribution >= 0.6 is 0 Å². The third kappa shape index (κ3) is 3.98. The van der Waals surface area contributed by atoms with Crippen molar-refractivity contribution in [2.24, 2.45) is 5.73 Å². The highest BCUT2D eigenvalue weighted by atomic mass is 16.2. The molecule has 0 atom stereocenters. The normalized spacial score (nSPS) is 10.5. The largest absolute Gasteiger partial charge is 0.351 e. The molecule has 3 rings (SSSR count). The number of rotatable bonds is 5. The zero-order valence-corrected chi connectivity index (χ0v) is 13.2. The van der Waals surface area contributed by atoms with Crippen molar-refractivity contribution < 1.29 is 4.79 Å². The molecule has 0 aliphatic carbocycles. The number of nitrogens with zero attached hydrogens (tertiary/aromatic N) is 1. The van der Waals surface area contributed by atoms with Gasteiger partial charge in [0.25, 0.3) is 0 Å². The number of amides is 2. The Bertz CT molecular complexity index is 764. The molecule has 1 heterocycles. The Balaban J connectivity index is 1.92. The van der Waals surface area contributed by atoms with E-state index in [9.17, 15) is 4.79 Å². The lowest BCUT2D eigenvalue weighted by molar-refractivity contribution is 0.259. The van der Waals surface area contributed by atoms with Crippen LogP contribution in [0.25, 0.3) is 0 Å². The summed E-state index contributed by atoms with van der Waals surface area (Å²) in [4.78, 5) is 15.1. The monoisotopic (exact) mass is 317 g/mol. The Morgan fingerprint density at radius 3 is 2.08 bits per heavy atom. The van der Waals surface area contributed by atoms with E-state index in [1.54, 1.807) is 6.20 Å². The van der Waals surface area contributed by atoms with Crippen LogP contribution in [0.3, 0.4) is 0 Å². The molecule has 0 spiro atoms. The lowest BCUT2D eigenvalue weighted by atomic mass is 9.86. The van der Waals surface area contributed by atoms with E-state index in [1.807, 2.05) is 24.3 Å².